The first-order chi connectivity index (χ1) is 8.88. The smallest absolute Gasteiger partial charge is 0.240 e. The van der Waals surface area contributed by atoms with E-state index in [2.05, 4.69) is 11.6 Å². The van der Waals surface area contributed by atoms with Gasteiger partial charge in [-0.3, -0.25) is 0 Å². The van der Waals surface area contributed by atoms with Gasteiger partial charge in [-0.15, -0.1) is 0 Å². The third kappa shape index (κ3) is 3.04. The summed E-state index contributed by atoms with van der Waals surface area (Å²) in [6, 6.07) is 4.37. The summed E-state index contributed by atoms with van der Waals surface area (Å²) in [6.07, 6.45) is 4.37. The number of benzene rings is 1. The summed E-state index contributed by atoms with van der Waals surface area (Å²) in [6.45, 7) is 2.60. The minimum Gasteiger partial charge on any atom is -0.397 e. The van der Waals surface area contributed by atoms with E-state index in [0.29, 0.717) is 11.6 Å². The van der Waals surface area contributed by atoms with Crippen LogP contribution in [0.2, 0.25) is 5.02 Å². The first kappa shape index (κ1) is 14.6. The molecule has 0 spiro atoms. The fourth-order valence-electron chi connectivity index (χ4n) is 2.35. The van der Waals surface area contributed by atoms with E-state index < -0.39 is 10.0 Å². The molecule has 106 valence electrons. The highest BCUT2D eigenvalue weighted by atomic mass is 35.5. The number of halogens is 1. The molecule has 0 bridgehead atoms. The van der Waals surface area contributed by atoms with Gasteiger partial charge in [0.25, 0.3) is 0 Å². The van der Waals surface area contributed by atoms with Crippen LogP contribution in [-0.4, -0.2) is 15.0 Å². The van der Waals surface area contributed by atoms with Gasteiger partial charge in [0, 0.05) is 6.54 Å². The Kier molecular flexibility index (Phi) is 4.08. The van der Waals surface area contributed by atoms with E-state index in [1.807, 2.05) is 0 Å². The standard InChI is InChI=1S/C13H19ClN2O2S/c1-2-13(6-3-7-13)9-16-19(17,18)10-4-5-11(14)12(15)8-10/h4-5,8,16H,2-3,6-7,9,15H2,1H3. The van der Waals surface area contributed by atoms with Crippen LogP contribution in [0.3, 0.4) is 0 Å². The number of nitrogens with one attached hydrogen (secondary N) is 1. The number of hydrogen-bond acceptors (Lipinski definition) is 3. The van der Waals surface area contributed by atoms with Gasteiger partial charge >= 0.3 is 0 Å². The number of anilines is 1. The average molecular weight is 303 g/mol. The van der Waals surface area contributed by atoms with E-state index in [1.54, 1.807) is 0 Å². The van der Waals surface area contributed by atoms with Crippen molar-refractivity contribution in [3.05, 3.63) is 23.2 Å². The number of rotatable bonds is 5. The summed E-state index contributed by atoms with van der Waals surface area (Å²) in [4.78, 5) is 0.167. The predicted octanol–water partition coefficient (Wildman–Crippen LogP) is 2.78. The van der Waals surface area contributed by atoms with Gasteiger partial charge in [0.05, 0.1) is 15.6 Å². The Hall–Kier alpha value is -0.780. The Morgan fingerprint density at radius 3 is 2.58 bits per heavy atom. The lowest BCUT2D eigenvalue weighted by molar-refractivity contribution is 0.133. The zero-order chi connectivity index (χ0) is 14.1. The molecule has 19 heavy (non-hydrogen) atoms. The molecule has 0 saturated heterocycles. The van der Waals surface area contributed by atoms with E-state index in [-0.39, 0.29) is 16.0 Å². The van der Waals surface area contributed by atoms with Crippen LogP contribution in [0.5, 0.6) is 0 Å². The molecule has 6 heteroatoms. The first-order valence-corrected chi connectivity index (χ1v) is 8.29. The van der Waals surface area contributed by atoms with Gasteiger partial charge in [-0.1, -0.05) is 24.9 Å². The molecule has 4 nitrogen and oxygen atoms in total. The Balaban J connectivity index is 2.11. The quantitative estimate of drug-likeness (QED) is 0.822. The van der Waals surface area contributed by atoms with Gasteiger partial charge in [0.15, 0.2) is 0 Å². The molecule has 3 N–H and O–H groups in total. The van der Waals surface area contributed by atoms with Gasteiger partial charge in [-0.2, -0.15) is 0 Å². The van der Waals surface area contributed by atoms with Crippen molar-refractivity contribution < 1.29 is 8.42 Å². The monoisotopic (exact) mass is 302 g/mol. The van der Waals surface area contributed by atoms with Crippen LogP contribution in [0.1, 0.15) is 32.6 Å². The van der Waals surface area contributed by atoms with Gasteiger partial charge in [-0.05, 0) is 42.9 Å². The molecule has 1 fully saturated rings. The largest absolute Gasteiger partial charge is 0.397 e. The van der Waals surface area contributed by atoms with Crippen molar-refractivity contribution in [3.63, 3.8) is 0 Å². The van der Waals surface area contributed by atoms with E-state index in [0.717, 1.165) is 19.3 Å². The van der Waals surface area contributed by atoms with E-state index in [9.17, 15) is 8.42 Å². The normalized spacial score (nSPS) is 18.0. The molecule has 0 radical (unpaired) electrons. The second-order valence-corrected chi connectivity index (χ2v) is 7.39. The molecule has 1 saturated carbocycles. The van der Waals surface area contributed by atoms with Crippen LogP contribution >= 0.6 is 11.6 Å². The molecule has 0 amide bonds. The van der Waals surface area contributed by atoms with Crippen LogP contribution in [0, 0.1) is 5.41 Å². The summed E-state index contributed by atoms with van der Waals surface area (Å²) in [7, 11) is -3.51. The van der Waals surface area contributed by atoms with Crippen molar-refractivity contribution >= 4 is 27.3 Å². The third-order valence-electron chi connectivity index (χ3n) is 4.08. The molecule has 0 atom stereocenters. The molecule has 1 aliphatic carbocycles. The fraction of sp³-hybridized carbons (Fsp3) is 0.538. The summed E-state index contributed by atoms with van der Waals surface area (Å²) >= 11 is 5.79. The van der Waals surface area contributed by atoms with Gasteiger partial charge in [-0.25, -0.2) is 13.1 Å². The van der Waals surface area contributed by atoms with Crippen LogP contribution in [0.4, 0.5) is 5.69 Å². The van der Waals surface area contributed by atoms with Crippen molar-refractivity contribution in [1.82, 2.24) is 4.72 Å². The summed E-state index contributed by atoms with van der Waals surface area (Å²) in [5.74, 6) is 0. The second kappa shape index (κ2) is 5.31. The summed E-state index contributed by atoms with van der Waals surface area (Å²) in [5.41, 5.74) is 6.06. The van der Waals surface area contributed by atoms with Crippen molar-refractivity contribution in [2.45, 2.75) is 37.5 Å². The van der Waals surface area contributed by atoms with E-state index >= 15 is 0 Å². The lowest BCUT2D eigenvalue weighted by atomic mass is 9.67. The van der Waals surface area contributed by atoms with Crippen LogP contribution < -0.4 is 10.5 Å². The Bertz CT molecular complexity index is 562. The summed E-state index contributed by atoms with van der Waals surface area (Å²) < 4.78 is 27.1. The minimum absolute atomic E-state index is 0.144. The molecule has 0 unspecified atom stereocenters. The molecule has 1 aromatic carbocycles. The first-order valence-electron chi connectivity index (χ1n) is 6.43. The Morgan fingerprint density at radius 1 is 1.42 bits per heavy atom. The molecule has 2 rings (SSSR count). The number of hydrogen-bond donors (Lipinski definition) is 2. The SMILES string of the molecule is CCC1(CNS(=O)(=O)c2ccc(Cl)c(N)c2)CCC1. The molecule has 1 aliphatic rings. The molecular weight excluding hydrogens is 284 g/mol. The molecule has 0 heterocycles. The maximum absolute atomic E-state index is 12.2. The topological polar surface area (TPSA) is 72.2 Å². The van der Waals surface area contributed by atoms with Crippen LogP contribution in [0.25, 0.3) is 0 Å². The zero-order valence-corrected chi connectivity index (χ0v) is 12.5. The zero-order valence-electron chi connectivity index (χ0n) is 10.9. The highest BCUT2D eigenvalue weighted by Gasteiger charge is 2.36. The lowest BCUT2D eigenvalue weighted by Gasteiger charge is -2.41. The minimum atomic E-state index is -3.51. The number of nitrogens with two attached hydrogens (primary N) is 1. The van der Waals surface area contributed by atoms with Crippen molar-refractivity contribution in [2.75, 3.05) is 12.3 Å². The predicted molar refractivity (Wildman–Crippen MR) is 77.6 cm³/mol. The molecular formula is C13H19ClN2O2S. The highest BCUT2D eigenvalue weighted by Crippen LogP contribution is 2.43. The van der Waals surface area contributed by atoms with Crippen LogP contribution in [0.15, 0.2) is 23.1 Å². The lowest BCUT2D eigenvalue weighted by Crippen LogP contribution is -2.41. The summed E-state index contributed by atoms with van der Waals surface area (Å²) in [5, 5.41) is 0.364. The Labute approximate surface area is 119 Å². The van der Waals surface area contributed by atoms with Gasteiger partial charge in [0.1, 0.15) is 0 Å². The fourth-order valence-corrected chi connectivity index (χ4v) is 3.66. The number of nitrogen functional groups attached to an aromatic ring is 1. The van der Waals surface area contributed by atoms with E-state index in [1.165, 1.54) is 24.6 Å². The number of sulfonamides is 1. The second-order valence-electron chi connectivity index (χ2n) is 5.21. The van der Waals surface area contributed by atoms with Gasteiger partial charge in [0.2, 0.25) is 10.0 Å². The molecule has 1 aromatic rings. The Morgan fingerprint density at radius 2 is 2.11 bits per heavy atom. The van der Waals surface area contributed by atoms with E-state index in [4.69, 9.17) is 17.3 Å². The molecule has 0 aromatic heterocycles. The van der Waals surface area contributed by atoms with Crippen LogP contribution in [-0.2, 0) is 10.0 Å². The maximum Gasteiger partial charge on any atom is 0.240 e. The highest BCUT2D eigenvalue weighted by molar-refractivity contribution is 7.89. The third-order valence-corrected chi connectivity index (χ3v) is 5.82. The van der Waals surface area contributed by atoms with Crippen molar-refractivity contribution in [2.24, 2.45) is 5.41 Å². The van der Waals surface area contributed by atoms with Crippen molar-refractivity contribution in [3.8, 4) is 0 Å². The average Bonchev–Trinajstić information content (AvgIpc) is 2.31. The molecule has 0 aliphatic heterocycles. The maximum atomic E-state index is 12.2. The van der Waals surface area contributed by atoms with Crippen molar-refractivity contribution in [1.29, 1.82) is 0 Å². The van der Waals surface area contributed by atoms with Gasteiger partial charge < -0.3 is 5.73 Å².